The number of nitro groups is 1. The van der Waals surface area contributed by atoms with Crippen LogP contribution in [0.25, 0.3) is 0 Å². The van der Waals surface area contributed by atoms with E-state index in [9.17, 15) is 33.3 Å². The minimum absolute atomic E-state index is 0.00149. The van der Waals surface area contributed by atoms with Gasteiger partial charge in [-0.25, -0.2) is 8.78 Å². The van der Waals surface area contributed by atoms with E-state index in [1.54, 1.807) is 0 Å². The molecule has 0 aliphatic heterocycles. The van der Waals surface area contributed by atoms with Crippen LogP contribution in [0.4, 0.5) is 14.5 Å². The van der Waals surface area contributed by atoms with Gasteiger partial charge in [0, 0.05) is 24.7 Å². The van der Waals surface area contributed by atoms with Crippen LogP contribution in [0.1, 0.15) is 22.0 Å². The predicted octanol–water partition coefficient (Wildman–Crippen LogP) is 1.21. The molecule has 0 spiro atoms. The van der Waals surface area contributed by atoms with E-state index < -0.39 is 46.9 Å². The number of nitro benzene ring substituents is 1. The third kappa shape index (κ3) is 5.54. The van der Waals surface area contributed by atoms with Crippen molar-refractivity contribution < 1.29 is 28.1 Å². The SMILES string of the molecule is CNC(=O)C(NC(=O)CNC(=O)c1cccc([N+](=O)[O-])c1)c1ccc(F)c(F)c1. The molecule has 2 aromatic rings. The molecule has 0 aliphatic rings. The van der Waals surface area contributed by atoms with Gasteiger partial charge in [0.2, 0.25) is 11.8 Å². The molecule has 0 saturated heterocycles. The van der Waals surface area contributed by atoms with E-state index in [0.717, 1.165) is 24.3 Å². The van der Waals surface area contributed by atoms with E-state index in [4.69, 9.17) is 0 Å². The molecular weight excluding hydrogens is 390 g/mol. The maximum Gasteiger partial charge on any atom is 0.270 e. The summed E-state index contributed by atoms with van der Waals surface area (Å²) in [6, 6.07) is 6.31. The number of nitrogens with one attached hydrogen (secondary N) is 3. The van der Waals surface area contributed by atoms with Gasteiger partial charge in [0.1, 0.15) is 6.04 Å². The topological polar surface area (TPSA) is 130 Å². The molecule has 2 rings (SSSR count). The molecule has 1 atom stereocenters. The summed E-state index contributed by atoms with van der Waals surface area (Å²) in [6.45, 7) is -0.557. The lowest BCUT2D eigenvalue weighted by atomic mass is 10.1. The quantitative estimate of drug-likeness (QED) is 0.470. The van der Waals surface area contributed by atoms with E-state index in [1.807, 2.05) is 0 Å². The van der Waals surface area contributed by atoms with Crippen LogP contribution in [0.3, 0.4) is 0 Å². The maximum atomic E-state index is 13.5. The Morgan fingerprint density at radius 1 is 1.10 bits per heavy atom. The zero-order valence-electron chi connectivity index (χ0n) is 15.1. The number of benzene rings is 2. The highest BCUT2D eigenvalue weighted by molar-refractivity contribution is 5.97. The van der Waals surface area contributed by atoms with Crippen molar-refractivity contribution in [3.05, 3.63) is 75.3 Å². The normalized spacial score (nSPS) is 11.3. The first-order valence-corrected chi connectivity index (χ1v) is 8.21. The van der Waals surface area contributed by atoms with Gasteiger partial charge in [-0.2, -0.15) is 0 Å². The van der Waals surface area contributed by atoms with Gasteiger partial charge >= 0.3 is 0 Å². The highest BCUT2D eigenvalue weighted by Crippen LogP contribution is 2.17. The van der Waals surface area contributed by atoms with Crippen LogP contribution in [0.5, 0.6) is 0 Å². The number of carbonyl (C=O) groups is 3. The lowest BCUT2D eigenvalue weighted by molar-refractivity contribution is -0.384. The highest BCUT2D eigenvalue weighted by atomic mass is 19.2. The monoisotopic (exact) mass is 406 g/mol. The summed E-state index contributed by atoms with van der Waals surface area (Å²) in [5.41, 5.74) is -0.322. The van der Waals surface area contributed by atoms with Crippen LogP contribution >= 0.6 is 0 Å². The van der Waals surface area contributed by atoms with Crippen molar-refractivity contribution in [2.45, 2.75) is 6.04 Å². The van der Waals surface area contributed by atoms with E-state index in [1.165, 1.54) is 25.2 Å². The Morgan fingerprint density at radius 3 is 2.45 bits per heavy atom. The molecule has 0 aliphatic carbocycles. The zero-order chi connectivity index (χ0) is 21.6. The molecular formula is C18H16F2N4O5. The zero-order valence-corrected chi connectivity index (χ0v) is 15.1. The number of nitrogens with zero attached hydrogens (tertiary/aromatic N) is 1. The molecule has 29 heavy (non-hydrogen) atoms. The maximum absolute atomic E-state index is 13.5. The van der Waals surface area contributed by atoms with E-state index >= 15 is 0 Å². The molecule has 3 N–H and O–H groups in total. The standard InChI is InChI=1S/C18H16F2N4O5/c1-21-18(27)16(10-5-6-13(19)14(20)8-10)23-15(25)9-22-17(26)11-3-2-4-12(7-11)24(28)29/h2-8,16H,9H2,1H3,(H,21,27)(H,22,26)(H,23,25). The Morgan fingerprint density at radius 2 is 1.83 bits per heavy atom. The van der Waals surface area contributed by atoms with E-state index in [0.29, 0.717) is 0 Å². The second kappa shape index (κ2) is 9.35. The van der Waals surface area contributed by atoms with Crippen LogP contribution in [0.2, 0.25) is 0 Å². The van der Waals surface area contributed by atoms with Crippen molar-refractivity contribution in [3.8, 4) is 0 Å². The first kappa shape index (κ1) is 21.4. The lowest BCUT2D eigenvalue weighted by Gasteiger charge is -2.18. The molecule has 0 fully saturated rings. The summed E-state index contributed by atoms with van der Waals surface area (Å²) in [4.78, 5) is 46.3. The molecule has 152 valence electrons. The number of hydrogen-bond donors (Lipinski definition) is 3. The fourth-order valence-corrected chi connectivity index (χ4v) is 2.37. The molecule has 0 heterocycles. The Balaban J connectivity index is 2.05. The van der Waals surface area contributed by atoms with Gasteiger partial charge in [0.05, 0.1) is 11.5 Å². The van der Waals surface area contributed by atoms with Crippen molar-refractivity contribution in [2.24, 2.45) is 0 Å². The summed E-state index contributed by atoms with van der Waals surface area (Å²) in [7, 11) is 1.30. The average Bonchev–Trinajstić information content (AvgIpc) is 2.71. The summed E-state index contributed by atoms with van der Waals surface area (Å²) < 4.78 is 26.6. The van der Waals surface area contributed by atoms with Gasteiger partial charge in [-0.15, -0.1) is 0 Å². The smallest absolute Gasteiger partial charge is 0.270 e. The van der Waals surface area contributed by atoms with Gasteiger partial charge < -0.3 is 16.0 Å². The Kier molecular flexibility index (Phi) is 6.90. The second-order valence-electron chi connectivity index (χ2n) is 5.78. The van der Waals surface area contributed by atoms with Crippen LogP contribution in [-0.2, 0) is 9.59 Å². The fraction of sp³-hybridized carbons (Fsp3) is 0.167. The first-order valence-electron chi connectivity index (χ1n) is 8.21. The number of non-ortho nitro benzene ring substituents is 1. The Labute approximate surface area is 163 Å². The summed E-state index contributed by atoms with van der Waals surface area (Å²) in [6.07, 6.45) is 0. The molecule has 9 nitrogen and oxygen atoms in total. The minimum Gasteiger partial charge on any atom is -0.357 e. The van der Waals surface area contributed by atoms with Crippen molar-refractivity contribution >= 4 is 23.4 Å². The number of likely N-dealkylation sites (N-methyl/N-ethyl adjacent to an activating group) is 1. The summed E-state index contributed by atoms with van der Waals surface area (Å²) >= 11 is 0. The van der Waals surface area contributed by atoms with E-state index in [-0.39, 0.29) is 16.8 Å². The summed E-state index contributed by atoms with van der Waals surface area (Å²) in [5, 5.41) is 17.6. The van der Waals surface area contributed by atoms with Crippen LogP contribution in [0.15, 0.2) is 42.5 Å². The Bertz CT molecular complexity index is 967. The number of carbonyl (C=O) groups excluding carboxylic acids is 3. The number of halogens is 2. The van der Waals surface area contributed by atoms with Crippen LogP contribution in [0, 0.1) is 21.7 Å². The number of rotatable bonds is 7. The lowest BCUT2D eigenvalue weighted by Crippen LogP contribution is -2.43. The van der Waals surface area contributed by atoms with Gasteiger partial charge in [-0.3, -0.25) is 24.5 Å². The van der Waals surface area contributed by atoms with E-state index in [2.05, 4.69) is 16.0 Å². The van der Waals surface area contributed by atoms with Gasteiger partial charge in [-0.1, -0.05) is 12.1 Å². The molecule has 0 radical (unpaired) electrons. The number of amides is 3. The van der Waals surface area contributed by atoms with Gasteiger partial charge in [-0.05, 0) is 23.8 Å². The molecule has 2 aromatic carbocycles. The minimum atomic E-state index is -1.32. The average molecular weight is 406 g/mol. The molecule has 3 amide bonds. The third-order valence-corrected chi connectivity index (χ3v) is 3.82. The second-order valence-corrected chi connectivity index (χ2v) is 5.78. The molecule has 1 unspecified atom stereocenters. The predicted molar refractivity (Wildman–Crippen MR) is 96.7 cm³/mol. The van der Waals surface area contributed by atoms with Crippen LogP contribution in [-0.4, -0.2) is 36.2 Å². The van der Waals surface area contributed by atoms with Gasteiger partial charge in [0.15, 0.2) is 11.6 Å². The molecule has 11 heteroatoms. The Hall–Kier alpha value is -3.89. The number of hydrogen-bond acceptors (Lipinski definition) is 5. The third-order valence-electron chi connectivity index (χ3n) is 3.82. The fourth-order valence-electron chi connectivity index (χ4n) is 2.37. The van der Waals surface area contributed by atoms with Gasteiger partial charge in [0.25, 0.3) is 11.6 Å². The van der Waals surface area contributed by atoms with Crippen molar-refractivity contribution in [3.63, 3.8) is 0 Å². The van der Waals surface area contributed by atoms with Crippen LogP contribution < -0.4 is 16.0 Å². The highest BCUT2D eigenvalue weighted by Gasteiger charge is 2.23. The molecule has 0 saturated carbocycles. The van der Waals surface area contributed by atoms with Crippen molar-refractivity contribution in [2.75, 3.05) is 13.6 Å². The van der Waals surface area contributed by atoms with Crippen molar-refractivity contribution in [1.82, 2.24) is 16.0 Å². The molecule has 0 bridgehead atoms. The summed E-state index contributed by atoms with van der Waals surface area (Å²) in [5.74, 6) is -4.52. The van der Waals surface area contributed by atoms with Crippen molar-refractivity contribution in [1.29, 1.82) is 0 Å². The first-order chi connectivity index (χ1) is 13.7. The molecule has 0 aromatic heterocycles. The largest absolute Gasteiger partial charge is 0.357 e.